The monoisotopic (exact) mass is 485 g/mol. The number of H-pyrrole nitrogens is 1. The number of hydrogen-bond acceptors (Lipinski definition) is 4. The standard InChI is InChI=1S/C28H24ClN3O3/c1-3-12-35-20-11-7-10-19(14-20)27-24-25(21-15-22(29)17(2)13-23(21)33)30-31-26(24)28(34)32(27)16-18-8-5-4-6-9-18/h3-11,13-15,27,33H,1,12,16H2,2H3,(H,30,31). The molecule has 1 aliphatic rings. The molecule has 0 fully saturated rings. The van der Waals surface area contributed by atoms with E-state index in [9.17, 15) is 9.90 Å². The number of aromatic amines is 1. The molecule has 2 heterocycles. The Morgan fingerprint density at radius 2 is 1.97 bits per heavy atom. The minimum absolute atomic E-state index is 0.0528. The van der Waals surface area contributed by atoms with Crippen LogP contribution in [0, 0.1) is 6.92 Å². The second-order valence-electron chi connectivity index (χ2n) is 8.47. The lowest BCUT2D eigenvalue weighted by molar-refractivity contribution is 0.0730. The number of aryl methyl sites for hydroxylation is 1. The van der Waals surface area contributed by atoms with Gasteiger partial charge in [0.15, 0.2) is 0 Å². The fourth-order valence-corrected chi connectivity index (χ4v) is 4.64. The highest BCUT2D eigenvalue weighted by atomic mass is 35.5. The zero-order valence-electron chi connectivity index (χ0n) is 19.2. The van der Waals surface area contributed by atoms with E-state index in [0.29, 0.717) is 46.4 Å². The predicted octanol–water partition coefficient (Wildman–Crippen LogP) is 6.05. The molecule has 4 aromatic rings. The number of fused-ring (bicyclic) bond motifs is 1. The van der Waals surface area contributed by atoms with Crippen molar-refractivity contribution < 1.29 is 14.6 Å². The number of phenols is 1. The first-order chi connectivity index (χ1) is 17.0. The van der Waals surface area contributed by atoms with Crippen LogP contribution in [-0.4, -0.2) is 32.7 Å². The average molecular weight is 486 g/mol. The number of phenolic OH excluding ortho intramolecular Hbond substituents is 1. The van der Waals surface area contributed by atoms with Crippen molar-refractivity contribution in [2.45, 2.75) is 19.5 Å². The van der Waals surface area contributed by atoms with Crippen molar-refractivity contribution in [3.63, 3.8) is 0 Å². The lowest BCUT2D eigenvalue weighted by Crippen LogP contribution is -2.29. The second kappa shape index (κ2) is 9.31. The zero-order chi connectivity index (χ0) is 24.5. The molecule has 0 saturated heterocycles. The quantitative estimate of drug-likeness (QED) is 0.312. The summed E-state index contributed by atoms with van der Waals surface area (Å²) in [6, 6.07) is 20.3. The van der Waals surface area contributed by atoms with Crippen LogP contribution in [0.15, 0.2) is 79.4 Å². The van der Waals surface area contributed by atoms with Crippen LogP contribution >= 0.6 is 11.6 Å². The Kier molecular flexibility index (Phi) is 6.05. The highest BCUT2D eigenvalue weighted by molar-refractivity contribution is 6.31. The summed E-state index contributed by atoms with van der Waals surface area (Å²) in [4.78, 5) is 15.4. The van der Waals surface area contributed by atoms with Gasteiger partial charge in [-0.3, -0.25) is 9.89 Å². The van der Waals surface area contributed by atoms with Gasteiger partial charge in [-0.05, 0) is 47.9 Å². The third-order valence-electron chi connectivity index (χ3n) is 6.13. The molecule has 1 unspecified atom stereocenters. The van der Waals surface area contributed by atoms with E-state index in [1.807, 2.05) is 61.5 Å². The molecule has 1 aliphatic heterocycles. The number of hydrogen-bond donors (Lipinski definition) is 2. The van der Waals surface area contributed by atoms with E-state index in [-0.39, 0.29) is 11.7 Å². The lowest BCUT2D eigenvalue weighted by Gasteiger charge is -2.27. The maximum Gasteiger partial charge on any atom is 0.273 e. The van der Waals surface area contributed by atoms with Crippen molar-refractivity contribution in [3.05, 3.63) is 112 Å². The SMILES string of the molecule is C=CCOc1cccc(C2c3c(-c4cc(Cl)c(C)cc4O)n[nH]c3C(=O)N2Cc2ccccc2)c1. The first-order valence-electron chi connectivity index (χ1n) is 11.2. The Morgan fingerprint density at radius 1 is 1.17 bits per heavy atom. The third kappa shape index (κ3) is 4.17. The van der Waals surface area contributed by atoms with Crippen molar-refractivity contribution in [1.82, 2.24) is 15.1 Å². The molecule has 0 aliphatic carbocycles. The molecule has 0 saturated carbocycles. The lowest BCUT2D eigenvalue weighted by atomic mass is 9.95. The van der Waals surface area contributed by atoms with Crippen LogP contribution in [0.4, 0.5) is 0 Å². The van der Waals surface area contributed by atoms with E-state index in [0.717, 1.165) is 16.7 Å². The second-order valence-corrected chi connectivity index (χ2v) is 8.88. The number of carbonyl (C=O) groups is 1. The van der Waals surface area contributed by atoms with Crippen molar-refractivity contribution in [2.24, 2.45) is 0 Å². The molecule has 2 N–H and O–H groups in total. The van der Waals surface area contributed by atoms with Gasteiger partial charge in [-0.2, -0.15) is 5.10 Å². The molecular formula is C28H24ClN3O3. The smallest absolute Gasteiger partial charge is 0.273 e. The third-order valence-corrected chi connectivity index (χ3v) is 6.54. The number of nitrogens with zero attached hydrogens (tertiary/aromatic N) is 2. The Morgan fingerprint density at radius 3 is 2.74 bits per heavy atom. The number of ether oxygens (including phenoxy) is 1. The van der Waals surface area contributed by atoms with Crippen LogP contribution in [0.25, 0.3) is 11.3 Å². The summed E-state index contributed by atoms with van der Waals surface area (Å²) >= 11 is 6.39. The van der Waals surface area contributed by atoms with Crippen molar-refractivity contribution in [3.8, 4) is 22.8 Å². The maximum absolute atomic E-state index is 13.6. The van der Waals surface area contributed by atoms with Gasteiger partial charge in [0.2, 0.25) is 0 Å². The Hall–Kier alpha value is -4.03. The van der Waals surface area contributed by atoms with Gasteiger partial charge in [-0.25, -0.2) is 0 Å². The van der Waals surface area contributed by atoms with E-state index in [1.54, 1.807) is 23.1 Å². The number of aromatic nitrogens is 2. The van der Waals surface area contributed by atoms with Crippen LogP contribution in [0.3, 0.4) is 0 Å². The van der Waals surface area contributed by atoms with Gasteiger partial charge in [0.05, 0.1) is 6.04 Å². The number of nitrogens with one attached hydrogen (secondary N) is 1. The fraction of sp³-hybridized carbons (Fsp3) is 0.143. The molecule has 1 amide bonds. The van der Waals surface area contributed by atoms with E-state index >= 15 is 0 Å². The summed E-state index contributed by atoms with van der Waals surface area (Å²) in [5.74, 6) is 0.564. The minimum Gasteiger partial charge on any atom is -0.507 e. The van der Waals surface area contributed by atoms with Gasteiger partial charge >= 0.3 is 0 Å². The van der Waals surface area contributed by atoms with Crippen LogP contribution < -0.4 is 4.74 Å². The van der Waals surface area contributed by atoms with Crippen LogP contribution in [-0.2, 0) is 6.54 Å². The van der Waals surface area contributed by atoms with Crippen molar-refractivity contribution >= 4 is 17.5 Å². The average Bonchev–Trinajstić information content (AvgIpc) is 3.40. The molecular weight excluding hydrogens is 462 g/mol. The van der Waals surface area contributed by atoms with Gasteiger partial charge in [-0.15, -0.1) is 0 Å². The van der Waals surface area contributed by atoms with Gasteiger partial charge in [-0.1, -0.05) is 66.7 Å². The molecule has 3 aromatic carbocycles. The molecule has 5 rings (SSSR count). The number of halogens is 1. The first kappa shape index (κ1) is 22.7. The van der Waals surface area contributed by atoms with Gasteiger partial charge in [0, 0.05) is 22.7 Å². The first-order valence-corrected chi connectivity index (χ1v) is 11.6. The van der Waals surface area contributed by atoms with E-state index < -0.39 is 6.04 Å². The Balaban J connectivity index is 1.66. The summed E-state index contributed by atoms with van der Waals surface area (Å²) in [6.45, 7) is 6.31. The molecule has 7 heteroatoms. The largest absolute Gasteiger partial charge is 0.507 e. The molecule has 0 spiro atoms. The molecule has 35 heavy (non-hydrogen) atoms. The van der Waals surface area contributed by atoms with Gasteiger partial charge in [0.1, 0.15) is 29.5 Å². The summed E-state index contributed by atoms with van der Waals surface area (Å²) in [6.07, 6.45) is 1.68. The van der Waals surface area contributed by atoms with Gasteiger partial charge in [0.25, 0.3) is 5.91 Å². The van der Waals surface area contributed by atoms with Crippen LogP contribution in [0.2, 0.25) is 5.02 Å². The number of amides is 1. The molecule has 1 aromatic heterocycles. The maximum atomic E-state index is 13.6. The van der Waals surface area contributed by atoms with Gasteiger partial charge < -0.3 is 14.7 Å². The normalized spacial score (nSPS) is 14.7. The number of aromatic hydroxyl groups is 1. The number of benzene rings is 3. The molecule has 6 nitrogen and oxygen atoms in total. The Bertz CT molecular complexity index is 1410. The highest BCUT2D eigenvalue weighted by Gasteiger charge is 2.42. The van der Waals surface area contributed by atoms with Crippen molar-refractivity contribution in [1.29, 1.82) is 0 Å². The summed E-state index contributed by atoms with van der Waals surface area (Å²) in [7, 11) is 0. The minimum atomic E-state index is -0.446. The summed E-state index contributed by atoms with van der Waals surface area (Å²) < 4.78 is 5.77. The zero-order valence-corrected chi connectivity index (χ0v) is 19.9. The number of carbonyl (C=O) groups excluding carboxylic acids is 1. The molecule has 0 radical (unpaired) electrons. The van der Waals surface area contributed by atoms with E-state index in [1.165, 1.54) is 0 Å². The van der Waals surface area contributed by atoms with Crippen LogP contribution in [0.1, 0.15) is 38.8 Å². The number of rotatable bonds is 7. The predicted molar refractivity (Wildman–Crippen MR) is 136 cm³/mol. The van der Waals surface area contributed by atoms with E-state index in [4.69, 9.17) is 16.3 Å². The highest BCUT2D eigenvalue weighted by Crippen LogP contribution is 2.46. The molecule has 176 valence electrons. The summed E-state index contributed by atoms with van der Waals surface area (Å²) in [5, 5.41) is 18.6. The van der Waals surface area contributed by atoms with Crippen molar-refractivity contribution in [2.75, 3.05) is 6.61 Å². The molecule has 0 bridgehead atoms. The fourth-order valence-electron chi connectivity index (χ4n) is 4.48. The summed E-state index contributed by atoms with van der Waals surface area (Å²) in [5.41, 5.74) is 4.69. The molecule has 1 atom stereocenters. The topological polar surface area (TPSA) is 78.5 Å². The van der Waals surface area contributed by atoms with Crippen LogP contribution in [0.5, 0.6) is 11.5 Å². The van der Waals surface area contributed by atoms with E-state index in [2.05, 4.69) is 16.8 Å². The Labute approximate surface area is 208 Å².